The van der Waals surface area contributed by atoms with Gasteiger partial charge in [0.05, 0.1) is 5.92 Å². The SMILES string of the molecule is O=C(CCCc1nc(-c2ccc(Cl)cc2)no1)N1CCCC(c2nc(-c3cccc(F)c3)no2)C1. The molecule has 35 heavy (non-hydrogen) atoms. The van der Waals surface area contributed by atoms with Crippen molar-refractivity contribution < 1.29 is 18.2 Å². The van der Waals surface area contributed by atoms with E-state index in [0.717, 1.165) is 18.4 Å². The highest BCUT2D eigenvalue weighted by Gasteiger charge is 2.28. The molecule has 0 N–H and O–H groups in total. The molecule has 2 aromatic carbocycles. The number of nitrogens with zero attached hydrogens (tertiary/aromatic N) is 5. The van der Waals surface area contributed by atoms with Crippen molar-refractivity contribution in [1.82, 2.24) is 25.2 Å². The minimum absolute atomic E-state index is 0.0413. The van der Waals surface area contributed by atoms with Crippen molar-refractivity contribution in [2.24, 2.45) is 0 Å². The van der Waals surface area contributed by atoms with Crippen LogP contribution in [0.4, 0.5) is 4.39 Å². The van der Waals surface area contributed by atoms with Gasteiger partial charge in [0.2, 0.25) is 29.3 Å². The first-order valence-electron chi connectivity index (χ1n) is 11.5. The zero-order chi connectivity index (χ0) is 24.2. The number of aromatic nitrogens is 4. The highest BCUT2D eigenvalue weighted by Crippen LogP contribution is 2.28. The van der Waals surface area contributed by atoms with Crippen molar-refractivity contribution in [3.8, 4) is 22.8 Å². The van der Waals surface area contributed by atoms with E-state index in [1.54, 1.807) is 24.3 Å². The fourth-order valence-electron chi connectivity index (χ4n) is 4.17. The lowest BCUT2D eigenvalue weighted by Crippen LogP contribution is -2.39. The Morgan fingerprint density at radius 2 is 1.86 bits per heavy atom. The number of piperidine rings is 1. The Bertz CT molecular complexity index is 1310. The molecule has 4 aromatic rings. The minimum Gasteiger partial charge on any atom is -0.342 e. The highest BCUT2D eigenvalue weighted by atomic mass is 35.5. The predicted octanol–water partition coefficient (Wildman–Crippen LogP) is 5.31. The molecule has 180 valence electrons. The number of carbonyl (C=O) groups excluding carboxylic acids is 1. The molecule has 1 fully saturated rings. The van der Waals surface area contributed by atoms with Crippen molar-refractivity contribution in [3.05, 3.63) is 71.2 Å². The molecule has 0 aliphatic carbocycles. The molecule has 10 heteroatoms. The Morgan fingerprint density at radius 3 is 2.69 bits per heavy atom. The molecule has 2 aromatic heterocycles. The van der Waals surface area contributed by atoms with Crippen LogP contribution in [0, 0.1) is 5.82 Å². The summed E-state index contributed by atoms with van der Waals surface area (Å²) in [7, 11) is 0. The number of halogens is 2. The van der Waals surface area contributed by atoms with Gasteiger partial charge in [0.1, 0.15) is 5.82 Å². The lowest BCUT2D eigenvalue weighted by Gasteiger charge is -2.31. The van der Waals surface area contributed by atoms with E-state index < -0.39 is 0 Å². The molecule has 0 saturated carbocycles. The topological polar surface area (TPSA) is 98.2 Å². The van der Waals surface area contributed by atoms with Crippen LogP contribution in [0.1, 0.15) is 43.4 Å². The summed E-state index contributed by atoms with van der Waals surface area (Å²) in [6, 6.07) is 13.3. The summed E-state index contributed by atoms with van der Waals surface area (Å²) in [5, 5.41) is 8.65. The Labute approximate surface area is 206 Å². The average molecular weight is 496 g/mol. The lowest BCUT2D eigenvalue weighted by atomic mass is 9.97. The van der Waals surface area contributed by atoms with Gasteiger partial charge in [-0.1, -0.05) is 34.0 Å². The number of benzene rings is 2. The first kappa shape index (κ1) is 23.2. The first-order valence-corrected chi connectivity index (χ1v) is 11.9. The molecule has 0 bridgehead atoms. The molecular formula is C25H23ClFN5O3. The standard InChI is InChI=1S/C25H23ClFN5O3/c26-19-11-9-16(10-12-19)23-28-21(34-30-23)7-2-8-22(33)32-13-3-5-18(15-32)25-29-24(31-35-25)17-4-1-6-20(27)14-17/h1,4,6,9-12,14,18H,2-3,5,7-8,13,15H2. The van der Waals surface area contributed by atoms with E-state index in [9.17, 15) is 9.18 Å². The third-order valence-corrected chi connectivity index (χ3v) is 6.25. The van der Waals surface area contributed by atoms with Crippen LogP contribution in [0.25, 0.3) is 22.8 Å². The Balaban J connectivity index is 1.14. The van der Waals surface area contributed by atoms with Crippen LogP contribution >= 0.6 is 11.6 Å². The van der Waals surface area contributed by atoms with Gasteiger partial charge in [-0.05, 0) is 55.7 Å². The van der Waals surface area contributed by atoms with E-state index in [-0.39, 0.29) is 17.6 Å². The van der Waals surface area contributed by atoms with Gasteiger partial charge in [0.25, 0.3) is 0 Å². The van der Waals surface area contributed by atoms with E-state index in [0.29, 0.717) is 66.4 Å². The molecular weight excluding hydrogens is 473 g/mol. The first-order chi connectivity index (χ1) is 17.0. The summed E-state index contributed by atoms with van der Waals surface area (Å²) in [4.78, 5) is 23.5. The van der Waals surface area contributed by atoms with E-state index >= 15 is 0 Å². The average Bonchev–Trinajstić information content (AvgIpc) is 3.55. The minimum atomic E-state index is -0.356. The molecule has 1 aliphatic heterocycles. The van der Waals surface area contributed by atoms with E-state index in [4.69, 9.17) is 20.6 Å². The van der Waals surface area contributed by atoms with Crippen LogP contribution in [0.3, 0.4) is 0 Å². The van der Waals surface area contributed by atoms with Crippen LogP contribution in [-0.2, 0) is 11.2 Å². The van der Waals surface area contributed by atoms with Crippen LogP contribution in [0.5, 0.6) is 0 Å². The van der Waals surface area contributed by atoms with Crippen LogP contribution < -0.4 is 0 Å². The number of carbonyl (C=O) groups is 1. The molecule has 0 radical (unpaired) electrons. The van der Waals surface area contributed by atoms with Gasteiger partial charge >= 0.3 is 0 Å². The maximum Gasteiger partial charge on any atom is 0.231 e. The third kappa shape index (κ3) is 5.57. The number of rotatable bonds is 7. The van der Waals surface area contributed by atoms with Gasteiger partial charge in [-0.2, -0.15) is 9.97 Å². The van der Waals surface area contributed by atoms with E-state index in [1.165, 1.54) is 12.1 Å². The Kier molecular flexibility index (Phi) is 6.85. The van der Waals surface area contributed by atoms with E-state index in [2.05, 4.69) is 20.3 Å². The van der Waals surface area contributed by atoms with Gasteiger partial charge < -0.3 is 13.9 Å². The Morgan fingerprint density at radius 1 is 1.06 bits per heavy atom. The summed E-state index contributed by atoms with van der Waals surface area (Å²) in [6.45, 7) is 1.21. The van der Waals surface area contributed by atoms with Crippen molar-refractivity contribution >= 4 is 17.5 Å². The van der Waals surface area contributed by atoms with Gasteiger partial charge in [-0.3, -0.25) is 4.79 Å². The number of aryl methyl sites for hydroxylation is 1. The normalized spacial score (nSPS) is 15.9. The summed E-state index contributed by atoms with van der Waals surface area (Å²) < 4.78 is 24.3. The van der Waals surface area contributed by atoms with Gasteiger partial charge in [-0.25, -0.2) is 4.39 Å². The fraction of sp³-hybridized carbons (Fsp3) is 0.320. The number of hydrogen-bond acceptors (Lipinski definition) is 7. The van der Waals surface area contributed by atoms with Crippen LogP contribution in [0.2, 0.25) is 5.02 Å². The molecule has 1 unspecified atom stereocenters. The van der Waals surface area contributed by atoms with Gasteiger partial charge in [0.15, 0.2) is 0 Å². The third-order valence-electron chi connectivity index (χ3n) is 6.00. The molecule has 1 amide bonds. The number of amides is 1. The summed E-state index contributed by atoms with van der Waals surface area (Å²) in [5.74, 6) is 1.49. The van der Waals surface area contributed by atoms with Crippen LogP contribution in [-0.4, -0.2) is 44.2 Å². The zero-order valence-electron chi connectivity index (χ0n) is 18.9. The van der Waals surface area contributed by atoms with Crippen molar-refractivity contribution in [3.63, 3.8) is 0 Å². The Hall–Kier alpha value is -3.59. The fourth-order valence-corrected chi connectivity index (χ4v) is 4.30. The van der Waals surface area contributed by atoms with Crippen molar-refractivity contribution in [1.29, 1.82) is 0 Å². The molecule has 5 rings (SSSR count). The van der Waals surface area contributed by atoms with Crippen molar-refractivity contribution in [2.75, 3.05) is 13.1 Å². The predicted molar refractivity (Wildman–Crippen MR) is 126 cm³/mol. The highest BCUT2D eigenvalue weighted by molar-refractivity contribution is 6.30. The monoisotopic (exact) mass is 495 g/mol. The molecule has 1 saturated heterocycles. The molecule has 3 heterocycles. The molecule has 8 nitrogen and oxygen atoms in total. The maximum absolute atomic E-state index is 13.5. The molecule has 1 atom stereocenters. The van der Waals surface area contributed by atoms with E-state index in [1.807, 2.05) is 17.0 Å². The molecule has 1 aliphatic rings. The number of likely N-dealkylation sites (tertiary alicyclic amines) is 1. The maximum atomic E-state index is 13.5. The second-order valence-corrected chi connectivity index (χ2v) is 8.95. The largest absolute Gasteiger partial charge is 0.342 e. The summed E-state index contributed by atoms with van der Waals surface area (Å²) in [5.41, 5.74) is 1.38. The van der Waals surface area contributed by atoms with Crippen molar-refractivity contribution in [2.45, 2.75) is 38.0 Å². The second kappa shape index (κ2) is 10.4. The van der Waals surface area contributed by atoms with Gasteiger partial charge in [-0.15, -0.1) is 0 Å². The smallest absolute Gasteiger partial charge is 0.231 e. The number of hydrogen-bond donors (Lipinski definition) is 0. The lowest BCUT2D eigenvalue weighted by molar-refractivity contribution is -0.132. The van der Waals surface area contributed by atoms with Crippen LogP contribution in [0.15, 0.2) is 57.6 Å². The molecule has 0 spiro atoms. The zero-order valence-corrected chi connectivity index (χ0v) is 19.6. The quantitative estimate of drug-likeness (QED) is 0.342. The summed E-state index contributed by atoms with van der Waals surface area (Å²) in [6.07, 6.45) is 3.20. The second-order valence-electron chi connectivity index (χ2n) is 8.52. The van der Waals surface area contributed by atoms with Gasteiger partial charge in [0, 0.05) is 42.1 Å². The summed E-state index contributed by atoms with van der Waals surface area (Å²) >= 11 is 5.92.